The van der Waals surface area contributed by atoms with Gasteiger partial charge in [0.15, 0.2) is 0 Å². The Morgan fingerprint density at radius 1 is 1.26 bits per heavy atom. The van der Waals surface area contributed by atoms with Crippen LogP contribution in [0, 0.1) is 10.1 Å². The molecule has 4 aromatic rings. The molecule has 2 heterocycles. The molecule has 0 unspecified atom stereocenters. The summed E-state index contributed by atoms with van der Waals surface area (Å²) in [4.78, 5) is 27.8. The molecule has 2 aromatic carbocycles. The van der Waals surface area contributed by atoms with Gasteiger partial charge < -0.3 is 9.15 Å². The Hall–Kier alpha value is -3.57. The van der Waals surface area contributed by atoms with Crippen LogP contribution < -0.4 is 9.75 Å². The first-order valence-electron chi connectivity index (χ1n) is 8.77. The molecule has 31 heavy (non-hydrogen) atoms. The molecule has 0 saturated heterocycles. The van der Waals surface area contributed by atoms with Crippen molar-refractivity contribution < 1.29 is 18.9 Å². The van der Waals surface area contributed by atoms with Gasteiger partial charge in [-0.05, 0) is 54.1 Å². The standard InChI is InChI=1S/C20H13BrN4O5S/c1-29-14-5-2-12(3-6-14)11-22-24(19(26)16-8-9-18(30-16)25(27)28)20-23-15-7-4-13(21)10-17(15)31-20/h2-11H,1H3/b22-11+. The van der Waals surface area contributed by atoms with Crippen LogP contribution in [0.4, 0.5) is 11.0 Å². The lowest BCUT2D eigenvalue weighted by Crippen LogP contribution is -2.25. The number of ether oxygens (including phenoxy) is 1. The van der Waals surface area contributed by atoms with Crippen molar-refractivity contribution in [2.24, 2.45) is 5.10 Å². The van der Waals surface area contributed by atoms with Gasteiger partial charge in [0.2, 0.25) is 10.9 Å². The number of nitrogens with zero attached hydrogens (tertiary/aromatic N) is 4. The predicted molar refractivity (Wildman–Crippen MR) is 120 cm³/mol. The number of hydrogen-bond acceptors (Lipinski definition) is 8. The fourth-order valence-corrected chi connectivity index (χ4v) is 4.10. The molecule has 9 nitrogen and oxygen atoms in total. The number of nitro groups is 1. The zero-order valence-electron chi connectivity index (χ0n) is 15.9. The Morgan fingerprint density at radius 3 is 2.71 bits per heavy atom. The van der Waals surface area contributed by atoms with E-state index in [1.54, 1.807) is 31.4 Å². The number of benzene rings is 2. The SMILES string of the molecule is COc1ccc(/C=N/N(C(=O)c2ccc([N+](=O)[O-])o2)c2nc3ccc(Br)cc3s2)cc1. The van der Waals surface area contributed by atoms with E-state index < -0.39 is 16.7 Å². The quantitative estimate of drug-likeness (QED) is 0.203. The Balaban J connectivity index is 1.73. The van der Waals surface area contributed by atoms with Crippen LogP contribution in [0.3, 0.4) is 0 Å². The van der Waals surface area contributed by atoms with Crippen LogP contribution in [0.25, 0.3) is 10.2 Å². The van der Waals surface area contributed by atoms with Crippen molar-refractivity contribution in [2.45, 2.75) is 0 Å². The molecule has 0 aliphatic carbocycles. The van der Waals surface area contributed by atoms with Gasteiger partial charge in [-0.2, -0.15) is 10.1 Å². The van der Waals surface area contributed by atoms with E-state index in [4.69, 9.17) is 9.15 Å². The van der Waals surface area contributed by atoms with Crippen molar-refractivity contribution >= 4 is 60.6 Å². The number of halogens is 1. The Bertz CT molecular complexity index is 1300. The van der Waals surface area contributed by atoms with Gasteiger partial charge in [0.05, 0.1) is 29.6 Å². The Labute approximate surface area is 187 Å². The molecule has 0 bridgehead atoms. The van der Waals surface area contributed by atoms with Gasteiger partial charge in [0.1, 0.15) is 10.7 Å². The smallest absolute Gasteiger partial charge is 0.433 e. The molecule has 4 rings (SSSR count). The second kappa shape index (κ2) is 8.66. The maximum absolute atomic E-state index is 13.1. The maximum atomic E-state index is 13.1. The highest BCUT2D eigenvalue weighted by Crippen LogP contribution is 2.32. The average Bonchev–Trinajstić information content (AvgIpc) is 3.41. The molecule has 156 valence electrons. The molecular weight excluding hydrogens is 488 g/mol. The minimum Gasteiger partial charge on any atom is -0.497 e. The Morgan fingerprint density at radius 2 is 2.03 bits per heavy atom. The number of carbonyl (C=O) groups excluding carboxylic acids is 1. The van der Waals surface area contributed by atoms with E-state index in [0.717, 1.165) is 20.2 Å². The van der Waals surface area contributed by atoms with E-state index >= 15 is 0 Å². The highest BCUT2D eigenvalue weighted by molar-refractivity contribution is 9.10. The van der Waals surface area contributed by atoms with Crippen LogP contribution in [0.1, 0.15) is 16.1 Å². The van der Waals surface area contributed by atoms with Crippen LogP contribution in [0.5, 0.6) is 5.75 Å². The lowest BCUT2D eigenvalue weighted by Gasteiger charge is -2.11. The number of rotatable bonds is 6. The Kier molecular flexibility index (Phi) is 5.78. The summed E-state index contributed by atoms with van der Waals surface area (Å²) < 4.78 is 11.9. The lowest BCUT2D eigenvalue weighted by atomic mass is 10.2. The first kappa shape index (κ1) is 20.7. The normalized spacial score (nSPS) is 11.2. The number of methoxy groups -OCH3 is 1. The lowest BCUT2D eigenvalue weighted by molar-refractivity contribution is -0.402. The zero-order chi connectivity index (χ0) is 22.0. The summed E-state index contributed by atoms with van der Waals surface area (Å²) >= 11 is 4.66. The molecule has 0 radical (unpaired) electrons. The summed E-state index contributed by atoms with van der Waals surface area (Å²) in [5.74, 6) is -0.754. The number of anilines is 1. The molecule has 0 atom stereocenters. The van der Waals surface area contributed by atoms with Crippen LogP contribution in [-0.4, -0.2) is 29.1 Å². The highest BCUT2D eigenvalue weighted by Gasteiger charge is 2.26. The number of aromatic nitrogens is 1. The van der Waals surface area contributed by atoms with Crippen molar-refractivity contribution in [2.75, 3.05) is 12.1 Å². The van der Waals surface area contributed by atoms with Crippen molar-refractivity contribution in [1.29, 1.82) is 0 Å². The third kappa shape index (κ3) is 4.47. The first-order chi connectivity index (χ1) is 14.9. The molecule has 2 aromatic heterocycles. The number of thiazole rings is 1. The number of carbonyl (C=O) groups is 1. The van der Waals surface area contributed by atoms with Gasteiger partial charge in [-0.15, -0.1) is 0 Å². The van der Waals surface area contributed by atoms with E-state index in [1.165, 1.54) is 23.6 Å². The second-order valence-corrected chi connectivity index (χ2v) is 8.06. The molecule has 0 N–H and O–H groups in total. The number of fused-ring (bicyclic) bond motifs is 1. The van der Waals surface area contributed by atoms with E-state index in [9.17, 15) is 14.9 Å². The van der Waals surface area contributed by atoms with Crippen LogP contribution in [0.2, 0.25) is 0 Å². The maximum Gasteiger partial charge on any atom is 0.433 e. The van der Waals surface area contributed by atoms with Gasteiger partial charge in [-0.25, -0.2) is 4.98 Å². The highest BCUT2D eigenvalue weighted by atomic mass is 79.9. The van der Waals surface area contributed by atoms with Gasteiger partial charge in [-0.1, -0.05) is 27.3 Å². The fraction of sp³-hybridized carbons (Fsp3) is 0.0500. The number of hydrazone groups is 1. The number of amides is 1. The largest absolute Gasteiger partial charge is 0.497 e. The van der Waals surface area contributed by atoms with Crippen molar-refractivity contribution in [3.63, 3.8) is 0 Å². The van der Waals surface area contributed by atoms with Gasteiger partial charge in [0.25, 0.3) is 0 Å². The molecule has 11 heteroatoms. The molecule has 0 aliphatic heterocycles. The zero-order valence-corrected chi connectivity index (χ0v) is 18.3. The molecular formula is C20H13BrN4O5S. The van der Waals surface area contributed by atoms with Gasteiger partial charge in [-0.3, -0.25) is 14.9 Å². The van der Waals surface area contributed by atoms with Crippen molar-refractivity contribution in [3.05, 3.63) is 80.5 Å². The molecule has 0 fully saturated rings. The summed E-state index contributed by atoms with van der Waals surface area (Å²) in [6.07, 6.45) is 1.48. The third-order valence-corrected chi connectivity index (χ3v) is 5.62. The summed E-state index contributed by atoms with van der Waals surface area (Å²) in [5.41, 5.74) is 1.40. The van der Waals surface area contributed by atoms with E-state index in [0.29, 0.717) is 22.0 Å². The monoisotopic (exact) mass is 500 g/mol. The van der Waals surface area contributed by atoms with Crippen molar-refractivity contribution in [1.82, 2.24) is 4.98 Å². The molecule has 0 saturated carbocycles. The second-order valence-electron chi connectivity index (χ2n) is 6.14. The van der Waals surface area contributed by atoms with Crippen LogP contribution >= 0.6 is 27.3 Å². The van der Waals surface area contributed by atoms with Gasteiger partial charge >= 0.3 is 11.8 Å². The summed E-state index contributed by atoms with van der Waals surface area (Å²) in [6.45, 7) is 0. The number of hydrogen-bond donors (Lipinski definition) is 0. The first-order valence-corrected chi connectivity index (χ1v) is 10.4. The summed E-state index contributed by atoms with van der Waals surface area (Å²) in [6, 6.07) is 15.0. The molecule has 0 spiro atoms. The third-order valence-electron chi connectivity index (χ3n) is 4.13. The molecule has 0 aliphatic rings. The van der Waals surface area contributed by atoms with Crippen LogP contribution in [-0.2, 0) is 0 Å². The summed E-state index contributed by atoms with van der Waals surface area (Å²) in [5, 5.41) is 16.6. The van der Waals surface area contributed by atoms with E-state index in [1.807, 2.05) is 18.2 Å². The van der Waals surface area contributed by atoms with Crippen LogP contribution in [0.15, 0.2) is 68.6 Å². The topological polar surface area (TPSA) is 111 Å². The predicted octanol–water partition coefficient (Wildman–Crippen LogP) is 5.25. The van der Waals surface area contributed by atoms with E-state index in [-0.39, 0.29) is 5.76 Å². The number of furan rings is 1. The van der Waals surface area contributed by atoms with Gasteiger partial charge in [0, 0.05) is 4.47 Å². The van der Waals surface area contributed by atoms with Crippen molar-refractivity contribution in [3.8, 4) is 5.75 Å². The average molecular weight is 501 g/mol. The minimum absolute atomic E-state index is 0.223. The fourth-order valence-electron chi connectivity index (χ4n) is 2.63. The summed E-state index contributed by atoms with van der Waals surface area (Å²) in [7, 11) is 1.57. The minimum atomic E-state index is -0.711. The molecule has 1 amide bonds. The van der Waals surface area contributed by atoms with E-state index in [2.05, 4.69) is 26.0 Å².